The van der Waals surface area contributed by atoms with Gasteiger partial charge in [-0.25, -0.2) is 4.98 Å². The average molecular weight is 210 g/mol. The highest BCUT2D eigenvalue weighted by molar-refractivity contribution is 5.70. The molecule has 1 heterocycles. The van der Waals surface area contributed by atoms with E-state index in [-0.39, 0.29) is 17.5 Å². The van der Waals surface area contributed by atoms with E-state index >= 15 is 0 Å². The van der Waals surface area contributed by atoms with Crippen molar-refractivity contribution in [2.24, 2.45) is 0 Å². The summed E-state index contributed by atoms with van der Waals surface area (Å²) in [6, 6.07) is 0. The molecule has 5 nitrogen and oxygen atoms in total. The number of rotatable bonds is 4. The van der Waals surface area contributed by atoms with Gasteiger partial charge in [-0.2, -0.15) is 0 Å². The van der Waals surface area contributed by atoms with Crippen LogP contribution in [-0.2, 0) is 24.1 Å². The minimum atomic E-state index is -1.01. The smallest absolute Gasteiger partial charge is 0.308 e. The van der Waals surface area contributed by atoms with Gasteiger partial charge >= 0.3 is 5.97 Å². The molecule has 0 aliphatic carbocycles. The third-order valence-corrected chi connectivity index (χ3v) is 2.15. The maximum atomic E-state index is 11.6. The molecule has 0 unspecified atom stereocenters. The van der Waals surface area contributed by atoms with E-state index in [0.717, 1.165) is 0 Å². The number of nitrogens with zero attached hydrogens (tertiary/aromatic N) is 1. The molecule has 0 bridgehead atoms. The molecule has 2 N–H and O–H groups in total. The van der Waals surface area contributed by atoms with Crippen molar-refractivity contribution in [2.75, 3.05) is 0 Å². The van der Waals surface area contributed by atoms with E-state index in [4.69, 9.17) is 5.11 Å². The third-order valence-electron chi connectivity index (χ3n) is 2.15. The van der Waals surface area contributed by atoms with Crippen LogP contribution in [0.4, 0.5) is 0 Å². The van der Waals surface area contributed by atoms with Gasteiger partial charge in [0.05, 0.1) is 12.1 Å². The molecule has 0 fully saturated rings. The summed E-state index contributed by atoms with van der Waals surface area (Å²) in [6.07, 6.45) is 0.935. The first-order valence-electron chi connectivity index (χ1n) is 4.91. The zero-order valence-electron chi connectivity index (χ0n) is 8.83. The van der Waals surface area contributed by atoms with Crippen LogP contribution >= 0.6 is 0 Å². The number of H-pyrrole nitrogens is 1. The fraction of sp³-hybridized carbons (Fsp3) is 0.500. The van der Waals surface area contributed by atoms with Gasteiger partial charge in [-0.1, -0.05) is 13.8 Å². The lowest BCUT2D eigenvalue weighted by Gasteiger charge is -2.05. The van der Waals surface area contributed by atoms with Gasteiger partial charge in [-0.15, -0.1) is 0 Å². The molecule has 0 amide bonds. The molecule has 1 rings (SSSR count). The monoisotopic (exact) mass is 210 g/mol. The molecule has 0 aliphatic heterocycles. The Balaban J connectivity index is 3.24. The quantitative estimate of drug-likeness (QED) is 0.759. The Labute approximate surface area is 87.2 Å². The van der Waals surface area contributed by atoms with Crippen LogP contribution in [0, 0.1) is 0 Å². The van der Waals surface area contributed by atoms with Gasteiger partial charge in [-0.05, 0) is 6.42 Å². The number of aryl methyl sites for hydroxylation is 2. The minimum absolute atomic E-state index is 0.266. The molecule has 0 aliphatic rings. The predicted molar refractivity (Wildman–Crippen MR) is 55.0 cm³/mol. The van der Waals surface area contributed by atoms with Gasteiger partial charge in [-0.3, -0.25) is 9.59 Å². The van der Waals surface area contributed by atoms with E-state index in [2.05, 4.69) is 9.97 Å². The maximum absolute atomic E-state index is 11.6. The van der Waals surface area contributed by atoms with Crippen molar-refractivity contribution < 1.29 is 9.90 Å². The van der Waals surface area contributed by atoms with Gasteiger partial charge in [0.25, 0.3) is 5.56 Å². The van der Waals surface area contributed by atoms with Gasteiger partial charge in [0.1, 0.15) is 5.82 Å². The number of aromatic amines is 1. The highest BCUT2D eigenvalue weighted by Crippen LogP contribution is 2.03. The van der Waals surface area contributed by atoms with Gasteiger partial charge in [0.15, 0.2) is 0 Å². The Bertz CT molecular complexity index is 423. The summed E-state index contributed by atoms with van der Waals surface area (Å²) in [5, 5.41) is 8.66. The van der Waals surface area contributed by atoms with E-state index in [1.165, 1.54) is 0 Å². The molecule has 0 atom stereocenters. The van der Waals surface area contributed by atoms with Gasteiger partial charge in [0.2, 0.25) is 0 Å². The number of nitrogens with one attached hydrogen (secondary N) is 1. The number of aromatic nitrogens is 2. The molecule has 0 saturated heterocycles. The second-order valence-electron chi connectivity index (χ2n) is 3.22. The number of hydrogen-bond donors (Lipinski definition) is 2. The molecule has 15 heavy (non-hydrogen) atoms. The summed E-state index contributed by atoms with van der Waals surface area (Å²) in [5.41, 5.74) is 0.515. The molecule has 0 radical (unpaired) electrons. The summed E-state index contributed by atoms with van der Waals surface area (Å²) in [5.74, 6) is -0.410. The van der Waals surface area contributed by atoms with E-state index < -0.39 is 5.97 Å². The molecule has 1 aromatic rings. The Hall–Kier alpha value is -1.65. The van der Waals surface area contributed by atoms with Crippen LogP contribution in [-0.4, -0.2) is 21.0 Å². The number of hydrogen-bond acceptors (Lipinski definition) is 3. The Morgan fingerprint density at radius 3 is 2.53 bits per heavy atom. The normalized spacial score (nSPS) is 10.3. The lowest BCUT2D eigenvalue weighted by atomic mass is 10.1. The van der Waals surface area contributed by atoms with Crippen molar-refractivity contribution in [1.29, 1.82) is 0 Å². The van der Waals surface area contributed by atoms with Crippen molar-refractivity contribution >= 4 is 5.97 Å². The largest absolute Gasteiger partial charge is 0.481 e. The van der Waals surface area contributed by atoms with Gasteiger partial charge < -0.3 is 10.1 Å². The third kappa shape index (κ3) is 2.65. The first-order valence-corrected chi connectivity index (χ1v) is 4.91. The Kier molecular flexibility index (Phi) is 3.60. The second-order valence-corrected chi connectivity index (χ2v) is 3.22. The van der Waals surface area contributed by atoms with E-state index in [1.807, 2.05) is 13.8 Å². The van der Waals surface area contributed by atoms with Crippen LogP contribution < -0.4 is 5.56 Å². The molecule has 0 spiro atoms. The number of aliphatic carboxylic acids is 1. The van der Waals surface area contributed by atoms with Crippen molar-refractivity contribution in [1.82, 2.24) is 9.97 Å². The van der Waals surface area contributed by atoms with Crippen molar-refractivity contribution in [3.8, 4) is 0 Å². The standard InChI is InChI=1S/C10H14N2O3/c1-3-7-6(5-9(13)14)10(15)12-8(4-2)11-7/h3-5H2,1-2H3,(H,13,14)(H,11,12,15). The molecule has 5 heteroatoms. The van der Waals surface area contributed by atoms with Crippen LogP contribution in [0.5, 0.6) is 0 Å². The highest BCUT2D eigenvalue weighted by Gasteiger charge is 2.12. The summed E-state index contributed by atoms with van der Waals surface area (Å²) >= 11 is 0. The predicted octanol–water partition coefficient (Wildman–Crippen LogP) is 0.522. The topological polar surface area (TPSA) is 83.0 Å². The zero-order valence-corrected chi connectivity index (χ0v) is 8.83. The molecular weight excluding hydrogens is 196 g/mol. The summed E-state index contributed by atoms with van der Waals surface area (Å²) < 4.78 is 0. The van der Waals surface area contributed by atoms with Crippen LogP contribution in [0.3, 0.4) is 0 Å². The van der Waals surface area contributed by atoms with E-state index in [9.17, 15) is 9.59 Å². The summed E-state index contributed by atoms with van der Waals surface area (Å²) in [7, 11) is 0. The molecular formula is C10H14N2O3. The highest BCUT2D eigenvalue weighted by atomic mass is 16.4. The minimum Gasteiger partial charge on any atom is -0.481 e. The summed E-state index contributed by atoms with van der Waals surface area (Å²) in [6.45, 7) is 3.74. The van der Waals surface area contributed by atoms with Crippen LogP contribution in [0.1, 0.15) is 30.9 Å². The maximum Gasteiger partial charge on any atom is 0.308 e. The van der Waals surface area contributed by atoms with E-state index in [0.29, 0.717) is 24.4 Å². The fourth-order valence-electron chi connectivity index (χ4n) is 1.39. The number of carboxylic acid groups (broad SMARTS) is 1. The molecule has 1 aromatic heterocycles. The SMILES string of the molecule is CCc1nc(CC)c(CC(=O)O)c(=O)[nH]1. The average Bonchev–Trinajstić information content (AvgIpc) is 2.20. The van der Waals surface area contributed by atoms with Crippen molar-refractivity contribution in [2.45, 2.75) is 33.1 Å². The molecule has 82 valence electrons. The molecule has 0 saturated carbocycles. The van der Waals surface area contributed by atoms with Crippen LogP contribution in [0.2, 0.25) is 0 Å². The first kappa shape index (κ1) is 11.4. The van der Waals surface area contributed by atoms with Crippen LogP contribution in [0.25, 0.3) is 0 Å². The van der Waals surface area contributed by atoms with E-state index in [1.54, 1.807) is 0 Å². The first-order chi connectivity index (χ1) is 7.08. The number of carboxylic acids is 1. The Morgan fingerprint density at radius 2 is 2.07 bits per heavy atom. The van der Waals surface area contributed by atoms with Crippen LogP contribution in [0.15, 0.2) is 4.79 Å². The van der Waals surface area contributed by atoms with Gasteiger partial charge in [0, 0.05) is 12.0 Å². The number of carbonyl (C=O) groups is 1. The lowest BCUT2D eigenvalue weighted by Crippen LogP contribution is -2.22. The molecule has 0 aromatic carbocycles. The summed E-state index contributed by atoms with van der Waals surface area (Å²) in [4.78, 5) is 28.9. The Morgan fingerprint density at radius 1 is 1.40 bits per heavy atom. The fourth-order valence-corrected chi connectivity index (χ4v) is 1.39. The zero-order chi connectivity index (χ0) is 11.4. The van der Waals surface area contributed by atoms with Crippen molar-refractivity contribution in [3.63, 3.8) is 0 Å². The second kappa shape index (κ2) is 4.72. The lowest BCUT2D eigenvalue weighted by molar-refractivity contribution is -0.136. The van der Waals surface area contributed by atoms with Crippen molar-refractivity contribution in [3.05, 3.63) is 27.4 Å².